The summed E-state index contributed by atoms with van der Waals surface area (Å²) >= 11 is 0. The third kappa shape index (κ3) is 1.62. The topological polar surface area (TPSA) is 55.0 Å². The van der Waals surface area contributed by atoms with Gasteiger partial charge in [0.05, 0.1) is 0 Å². The van der Waals surface area contributed by atoms with Crippen LogP contribution in [0.15, 0.2) is 18.3 Å². The zero-order valence-electron chi connectivity index (χ0n) is 7.72. The van der Waals surface area contributed by atoms with Crippen LogP contribution in [-0.2, 0) is 0 Å². The molecule has 4 nitrogen and oxygen atoms in total. The van der Waals surface area contributed by atoms with Gasteiger partial charge >= 0.3 is 0 Å². The van der Waals surface area contributed by atoms with Crippen LogP contribution in [0, 0.1) is 0 Å². The Labute approximate surface area is 77.8 Å². The van der Waals surface area contributed by atoms with Gasteiger partial charge in [-0.05, 0) is 25.5 Å². The Balaban J connectivity index is 2.18. The molecule has 1 saturated heterocycles. The molecule has 1 aromatic heterocycles. The van der Waals surface area contributed by atoms with E-state index in [4.69, 9.17) is 5.73 Å². The quantitative estimate of drug-likeness (QED) is 0.676. The van der Waals surface area contributed by atoms with Crippen molar-refractivity contribution in [2.45, 2.75) is 25.4 Å². The maximum atomic E-state index is 5.86. The van der Waals surface area contributed by atoms with Gasteiger partial charge in [0.1, 0.15) is 0 Å². The lowest BCUT2D eigenvalue weighted by Gasteiger charge is -2.21. The average Bonchev–Trinajstić information content (AvgIpc) is 2.47. The number of hydrogen-bond donors (Lipinski definition) is 1. The molecule has 1 aliphatic rings. The van der Waals surface area contributed by atoms with Gasteiger partial charge in [0.2, 0.25) is 0 Å². The standard InChI is InChI=1S/C9H14N4/c1-7-5-8(10)6-13(7)9-3-2-4-11-12-9/h2-4,7-8H,5-6,10H2,1H3. The lowest BCUT2D eigenvalue weighted by molar-refractivity contribution is 0.687. The van der Waals surface area contributed by atoms with E-state index in [0.29, 0.717) is 6.04 Å². The molecule has 0 spiro atoms. The number of aromatic nitrogens is 2. The minimum Gasteiger partial charge on any atom is -0.351 e. The highest BCUT2D eigenvalue weighted by atomic mass is 15.3. The van der Waals surface area contributed by atoms with Crippen molar-refractivity contribution >= 4 is 5.82 Å². The highest BCUT2D eigenvalue weighted by Gasteiger charge is 2.27. The number of anilines is 1. The summed E-state index contributed by atoms with van der Waals surface area (Å²) in [6.45, 7) is 3.06. The molecular weight excluding hydrogens is 164 g/mol. The fraction of sp³-hybridized carbons (Fsp3) is 0.556. The molecule has 1 aliphatic heterocycles. The number of rotatable bonds is 1. The fourth-order valence-corrected chi connectivity index (χ4v) is 1.84. The van der Waals surface area contributed by atoms with E-state index in [9.17, 15) is 0 Å². The van der Waals surface area contributed by atoms with E-state index in [-0.39, 0.29) is 6.04 Å². The number of nitrogens with two attached hydrogens (primary N) is 1. The van der Waals surface area contributed by atoms with Gasteiger partial charge in [0.15, 0.2) is 5.82 Å². The molecule has 2 heterocycles. The van der Waals surface area contributed by atoms with Crippen LogP contribution >= 0.6 is 0 Å². The van der Waals surface area contributed by atoms with Crippen LogP contribution in [0.25, 0.3) is 0 Å². The largest absolute Gasteiger partial charge is 0.351 e. The van der Waals surface area contributed by atoms with Crippen molar-refractivity contribution in [2.24, 2.45) is 5.73 Å². The predicted molar refractivity (Wildman–Crippen MR) is 51.4 cm³/mol. The molecule has 1 aromatic rings. The molecule has 1 fully saturated rings. The zero-order chi connectivity index (χ0) is 9.26. The lowest BCUT2D eigenvalue weighted by atomic mass is 10.2. The Morgan fingerprint density at radius 2 is 2.46 bits per heavy atom. The Morgan fingerprint density at radius 3 is 3.00 bits per heavy atom. The molecule has 2 rings (SSSR count). The Kier molecular flexibility index (Phi) is 2.14. The SMILES string of the molecule is CC1CC(N)CN1c1cccnn1. The molecule has 0 aromatic carbocycles. The van der Waals surface area contributed by atoms with Crippen molar-refractivity contribution in [1.29, 1.82) is 0 Å². The van der Waals surface area contributed by atoms with Crippen molar-refractivity contribution in [2.75, 3.05) is 11.4 Å². The summed E-state index contributed by atoms with van der Waals surface area (Å²) in [5, 5.41) is 7.92. The van der Waals surface area contributed by atoms with Crippen LogP contribution in [0.3, 0.4) is 0 Å². The molecule has 0 radical (unpaired) electrons. The molecule has 0 aliphatic carbocycles. The van der Waals surface area contributed by atoms with Crippen LogP contribution < -0.4 is 10.6 Å². The summed E-state index contributed by atoms with van der Waals surface area (Å²) in [6, 6.07) is 4.63. The van der Waals surface area contributed by atoms with E-state index in [2.05, 4.69) is 22.0 Å². The van der Waals surface area contributed by atoms with Gasteiger partial charge in [-0.3, -0.25) is 0 Å². The van der Waals surface area contributed by atoms with Crippen molar-refractivity contribution in [3.8, 4) is 0 Å². The molecule has 13 heavy (non-hydrogen) atoms. The maximum absolute atomic E-state index is 5.86. The molecular formula is C9H14N4. The first kappa shape index (κ1) is 8.44. The van der Waals surface area contributed by atoms with E-state index in [0.717, 1.165) is 18.8 Å². The molecule has 0 saturated carbocycles. The first-order chi connectivity index (χ1) is 6.27. The third-order valence-corrected chi connectivity index (χ3v) is 2.46. The van der Waals surface area contributed by atoms with Crippen LogP contribution in [-0.4, -0.2) is 28.8 Å². The predicted octanol–water partition coefficient (Wildman–Crippen LogP) is 0.402. The van der Waals surface area contributed by atoms with E-state index in [1.54, 1.807) is 6.20 Å². The fourth-order valence-electron chi connectivity index (χ4n) is 1.84. The Morgan fingerprint density at radius 1 is 1.62 bits per heavy atom. The van der Waals surface area contributed by atoms with Crippen molar-refractivity contribution in [1.82, 2.24) is 10.2 Å². The molecule has 4 heteroatoms. The van der Waals surface area contributed by atoms with Crippen LogP contribution in [0.4, 0.5) is 5.82 Å². The van der Waals surface area contributed by atoms with E-state index in [1.807, 2.05) is 12.1 Å². The van der Waals surface area contributed by atoms with Crippen LogP contribution in [0.5, 0.6) is 0 Å². The van der Waals surface area contributed by atoms with Crippen molar-refractivity contribution in [3.05, 3.63) is 18.3 Å². The summed E-state index contributed by atoms with van der Waals surface area (Å²) in [5.74, 6) is 0.933. The van der Waals surface area contributed by atoms with E-state index < -0.39 is 0 Å². The van der Waals surface area contributed by atoms with Gasteiger partial charge in [-0.1, -0.05) is 0 Å². The maximum Gasteiger partial charge on any atom is 0.151 e. The van der Waals surface area contributed by atoms with E-state index in [1.165, 1.54) is 0 Å². The second-order valence-electron chi connectivity index (χ2n) is 3.58. The molecule has 70 valence electrons. The smallest absolute Gasteiger partial charge is 0.151 e. The first-order valence-corrected chi connectivity index (χ1v) is 4.57. The lowest BCUT2D eigenvalue weighted by Crippen LogP contribution is -2.29. The van der Waals surface area contributed by atoms with Gasteiger partial charge in [0.25, 0.3) is 0 Å². The summed E-state index contributed by atoms with van der Waals surface area (Å²) in [5.41, 5.74) is 5.86. The third-order valence-electron chi connectivity index (χ3n) is 2.46. The summed E-state index contributed by atoms with van der Waals surface area (Å²) in [7, 11) is 0. The Hall–Kier alpha value is -1.16. The van der Waals surface area contributed by atoms with Gasteiger partial charge in [-0.25, -0.2) is 0 Å². The van der Waals surface area contributed by atoms with E-state index >= 15 is 0 Å². The summed E-state index contributed by atoms with van der Waals surface area (Å²) in [4.78, 5) is 2.21. The molecule has 2 N–H and O–H groups in total. The number of nitrogens with zero attached hydrogens (tertiary/aromatic N) is 3. The minimum absolute atomic E-state index is 0.275. The zero-order valence-corrected chi connectivity index (χ0v) is 7.72. The highest BCUT2D eigenvalue weighted by molar-refractivity contribution is 5.39. The van der Waals surface area contributed by atoms with Gasteiger partial charge < -0.3 is 10.6 Å². The second kappa shape index (κ2) is 3.30. The molecule has 2 atom stereocenters. The average molecular weight is 178 g/mol. The van der Waals surface area contributed by atoms with Crippen LogP contribution in [0.2, 0.25) is 0 Å². The summed E-state index contributed by atoms with van der Waals surface area (Å²) < 4.78 is 0. The second-order valence-corrected chi connectivity index (χ2v) is 3.58. The normalized spacial score (nSPS) is 28.0. The van der Waals surface area contributed by atoms with Crippen molar-refractivity contribution in [3.63, 3.8) is 0 Å². The minimum atomic E-state index is 0.275. The monoisotopic (exact) mass is 178 g/mol. The van der Waals surface area contributed by atoms with Gasteiger partial charge in [-0.2, -0.15) is 5.10 Å². The molecule has 0 bridgehead atoms. The first-order valence-electron chi connectivity index (χ1n) is 4.57. The van der Waals surface area contributed by atoms with Gasteiger partial charge in [-0.15, -0.1) is 5.10 Å². The van der Waals surface area contributed by atoms with Crippen LogP contribution in [0.1, 0.15) is 13.3 Å². The molecule has 2 unspecified atom stereocenters. The number of hydrogen-bond acceptors (Lipinski definition) is 4. The van der Waals surface area contributed by atoms with Crippen molar-refractivity contribution < 1.29 is 0 Å². The van der Waals surface area contributed by atoms with Gasteiger partial charge in [0, 0.05) is 24.8 Å². The summed E-state index contributed by atoms with van der Waals surface area (Å²) in [6.07, 6.45) is 2.72. The highest BCUT2D eigenvalue weighted by Crippen LogP contribution is 2.21. The Bertz CT molecular complexity index is 274. The molecule has 0 amide bonds.